The molecule has 6 heteroatoms. The van der Waals surface area contributed by atoms with Crippen molar-refractivity contribution in [1.29, 1.82) is 0 Å². The molecule has 0 aliphatic heterocycles. The standard InChI is InChI=1S/C11H15Cl2NO2S/c1-4-8(2)14(3)17(15,16)11-9(12)6-5-7-10(11)13/h5-8H,4H2,1-3H3. The Kier molecular flexibility index (Phi) is 4.84. The zero-order valence-corrected chi connectivity index (χ0v) is 12.3. The summed E-state index contributed by atoms with van der Waals surface area (Å²) in [6.07, 6.45) is 0.720. The van der Waals surface area contributed by atoms with E-state index in [1.165, 1.54) is 23.5 Å². The average Bonchev–Trinajstić information content (AvgIpc) is 2.26. The first-order valence-corrected chi connectivity index (χ1v) is 7.44. The van der Waals surface area contributed by atoms with Gasteiger partial charge in [-0.05, 0) is 25.5 Å². The lowest BCUT2D eigenvalue weighted by atomic mass is 10.3. The molecule has 1 unspecified atom stereocenters. The van der Waals surface area contributed by atoms with Gasteiger partial charge in [0.1, 0.15) is 4.90 Å². The Balaban J connectivity index is 3.32. The van der Waals surface area contributed by atoms with Crippen LogP contribution in [0.1, 0.15) is 20.3 Å². The Labute approximate surface area is 112 Å². The molecule has 0 aromatic heterocycles. The number of rotatable bonds is 4. The maximum Gasteiger partial charge on any atom is 0.246 e. The van der Waals surface area contributed by atoms with Crippen LogP contribution in [0.3, 0.4) is 0 Å². The predicted octanol–water partition coefficient (Wildman–Crippen LogP) is 3.41. The van der Waals surface area contributed by atoms with Gasteiger partial charge in [-0.2, -0.15) is 4.31 Å². The third-order valence-corrected chi connectivity index (χ3v) is 5.70. The molecule has 0 bridgehead atoms. The van der Waals surface area contributed by atoms with E-state index in [1.54, 1.807) is 6.07 Å². The molecular formula is C11H15Cl2NO2S. The molecule has 1 aromatic carbocycles. The highest BCUT2D eigenvalue weighted by Crippen LogP contribution is 2.31. The quantitative estimate of drug-likeness (QED) is 0.854. The summed E-state index contributed by atoms with van der Waals surface area (Å²) in [4.78, 5) is -0.0221. The molecule has 3 nitrogen and oxygen atoms in total. The second kappa shape index (κ2) is 5.57. The van der Waals surface area contributed by atoms with E-state index in [2.05, 4.69) is 0 Å². The summed E-state index contributed by atoms with van der Waals surface area (Å²) in [5.74, 6) is 0. The Morgan fingerprint density at radius 3 is 2.18 bits per heavy atom. The summed E-state index contributed by atoms with van der Waals surface area (Å²) in [5, 5.41) is 0.292. The topological polar surface area (TPSA) is 37.4 Å². The fourth-order valence-corrected chi connectivity index (χ4v) is 3.89. The van der Waals surface area contributed by atoms with Crippen LogP contribution in [0.25, 0.3) is 0 Å². The van der Waals surface area contributed by atoms with Crippen LogP contribution < -0.4 is 0 Å². The van der Waals surface area contributed by atoms with Gasteiger partial charge in [-0.25, -0.2) is 8.42 Å². The van der Waals surface area contributed by atoms with E-state index in [0.717, 1.165) is 6.42 Å². The fraction of sp³-hybridized carbons (Fsp3) is 0.455. The molecular weight excluding hydrogens is 281 g/mol. The Hall–Kier alpha value is -0.290. The molecule has 0 amide bonds. The van der Waals surface area contributed by atoms with E-state index in [-0.39, 0.29) is 21.0 Å². The molecule has 96 valence electrons. The van der Waals surface area contributed by atoms with Crippen molar-refractivity contribution >= 4 is 33.2 Å². The molecule has 0 radical (unpaired) electrons. The molecule has 0 fully saturated rings. The minimum Gasteiger partial charge on any atom is -0.207 e. The van der Waals surface area contributed by atoms with Crippen LogP contribution >= 0.6 is 23.2 Å². The third-order valence-electron chi connectivity index (χ3n) is 2.77. The lowest BCUT2D eigenvalue weighted by molar-refractivity contribution is 0.380. The maximum absolute atomic E-state index is 12.3. The van der Waals surface area contributed by atoms with Gasteiger partial charge < -0.3 is 0 Å². The molecule has 1 atom stereocenters. The van der Waals surface area contributed by atoms with Crippen LogP contribution in [0.5, 0.6) is 0 Å². The van der Waals surface area contributed by atoms with E-state index in [4.69, 9.17) is 23.2 Å². The van der Waals surface area contributed by atoms with Gasteiger partial charge in [-0.15, -0.1) is 0 Å². The average molecular weight is 296 g/mol. The Morgan fingerprint density at radius 1 is 1.29 bits per heavy atom. The smallest absolute Gasteiger partial charge is 0.207 e. The predicted molar refractivity (Wildman–Crippen MR) is 71.2 cm³/mol. The molecule has 0 heterocycles. The van der Waals surface area contributed by atoms with Crippen molar-refractivity contribution in [3.05, 3.63) is 28.2 Å². The molecule has 0 saturated carbocycles. The normalized spacial score (nSPS) is 14.0. The van der Waals surface area contributed by atoms with Crippen LogP contribution in [0, 0.1) is 0 Å². The molecule has 0 aliphatic carbocycles. The zero-order chi connectivity index (χ0) is 13.2. The number of hydrogen-bond donors (Lipinski definition) is 0. The Morgan fingerprint density at radius 2 is 1.76 bits per heavy atom. The second-order valence-corrected chi connectivity index (χ2v) is 6.58. The van der Waals surface area contributed by atoms with E-state index >= 15 is 0 Å². The summed E-state index contributed by atoms with van der Waals surface area (Å²) in [5.41, 5.74) is 0. The lowest BCUT2D eigenvalue weighted by Gasteiger charge is -2.24. The van der Waals surface area contributed by atoms with Crippen LogP contribution in [0.15, 0.2) is 23.1 Å². The highest BCUT2D eigenvalue weighted by atomic mass is 35.5. The van der Waals surface area contributed by atoms with Gasteiger partial charge in [-0.1, -0.05) is 36.2 Å². The van der Waals surface area contributed by atoms with Gasteiger partial charge in [0, 0.05) is 13.1 Å². The van der Waals surface area contributed by atoms with Gasteiger partial charge >= 0.3 is 0 Å². The lowest BCUT2D eigenvalue weighted by Crippen LogP contribution is -2.34. The number of benzene rings is 1. The number of hydrogen-bond acceptors (Lipinski definition) is 2. The summed E-state index contributed by atoms with van der Waals surface area (Å²) in [7, 11) is -2.11. The summed E-state index contributed by atoms with van der Waals surface area (Å²) >= 11 is 11.8. The monoisotopic (exact) mass is 295 g/mol. The number of halogens is 2. The zero-order valence-electron chi connectivity index (χ0n) is 9.94. The largest absolute Gasteiger partial charge is 0.246 e. The third kappa shape index (κ3) is 2.94. The van der Waals surface area contributed by atoms with Crippen molar-refractivity contribution in [2.24, 2.45) is 0 Å². The Bertz CT molecular complexity index is 482. The van der Waals surface area contributed by atoms with Gasteiger partial charge in [0.15, 0.2) is 0 Å². The number of nitrogens with zero attached hydrogens (tertiary/aromatic N) is 1. The van der Waals surface area contributed by atoms with Crippen molar-refractivity contribution in [3.8, 4) is 0 Å². The van der Waals surface area contributed by atoms with Crippen molar-refractivity contribution in [2.75, 3.05) is 7.05 Å². The summed E-state index contributed by atoms with van der Waals surface area (Å²) in [6, 6.07) is 4.55. The first-order valence-electron chi connectivity index (χ1n) is 5.24. The SMILES string of the molecule is CCC(C)N(C)S(=O)(=O)c1c(Cl)cccc1Cl. The van der Waals surface area contributed by atoms with E-state index in [0.29, 0.717) is 0 Å². The molecule has 0 spiro atoms. The van der Waals surface area contributed by atoms with Crippen LogP contribution in [0.4, 0.5) is 0 Å². The van der Waals surface area contributed by atoms with E-state index in [1.807, 2.05) is 13.8 Å². The van der Waals surface area contributed by atoms with Crippen LogP contribution in [-0.2, 0) is 10.0 Å². The van der Waals surface area contributed by atoms with Gasteiger partial charge in [0.05, 0.1) is 10.0 Å². The molecule has 0 N–H and O–H groups in total. The van der Waals surface area contributed by atoms with Crippen molar-refractivity contribution in [1.82, 2.24) is 4.31 Å². The fourth-order valence-electron chi connectivity index (χ4n) is 1.37. The molecule has 17 heavy (non-hydrogen) atoms. The maximum atomic E-state index is 12.3. The van der Waals surface area contributed by atoms with E-state index < -0.39 is 10.0 Å². The van der Waals surface area contributed by atoms with Gasteiger partial charge in [0.2, 0.25) is 10.0 Å². The first-order chi connectivity index (χ1) is 7.82. The first kappa shape index (κ1) is 14.8. The molecule has 0 saturated heterocycles. The molecule has 0 aliphatic rings. The summed E-state index contributed by atoms with van der Waals surface area (Å²) < 4.78 is 26.0. The van der Waals surface area contributed by atoms with Gasteiger partial charge in [-0.3, -0.25) is 0 Å². The molecule has 1 rings (SSSR count). The minimum atomic E-state index is -3.64. The second-order valence-electron chi connectivity index (χ2n) is 3.83. The highest BCUT2D eigenvalue weighted by Gasteiger charge is 2.28. The van der Waals surface area contributed by atoms with Gasteiger partial charge in [0.25, 0.3) is 0 Å². The van der Waals surface area contributed by atoms with Crippen molar-refractivity contribution in [2.45, 2.75) is 31.2 Å². The van der Waals surface area contributed by atoms with Crippen LogP contribution in [0.2, 0.25) is 10.0 Å². The summed E-state index contributed by atoms with van der Waals surface area (Å²) in [6.45, 7) is 3.76. The van der Waals surface area contributed by atoms with Crippen molar-refractivity contribution in [3.63, 3.8) is 0 Å². The minimum absolute atomic E-state index is 0.0221. The highest BCUT2D eigenvalue weighted by molar-refractivity contribution is 7.89. The molecule has 1 aromatic rings. The van der Waals surface area contributed by atoms with Crippen molar-refractivity contribution < 1.29 is 8.42 Å². The van der Waals surface area contributed by atoms with E-state index in [9.17, 15) is 8.42 Å². The number of sulfonamides is 1. The van der Waals surface area contributed by atoms with Crippen LogP contribution in [-0.4, -0.2) is 25.8 Å².